The van der Waals surface area contributed by atoms with Gasteiger partial charge >= 0.3 is 18.2 Å². The van der Waals surface area contributed by atoms with Crippen LogP contribution in [0.4, 0.5) is 14.0 Å². The number of benzene rings is 1. The fourth-order valence-corrected chi connectivity index (χ4v) is 4.32. The van der Waals surface area contributed by atoms with Gasteiger partial charge in [-0.15, -0.1) is 0 Å². The second-order valence-electron chi connectivity index (χ2n) is 11.5. The summed E-state index contributed by atoms with van der Waals surface area (Å²) in [5, 5.41) is 0. The second kappa shape index (κ2) is 11.1. The van der Waals surface area contributed by atoms with Gasteiger partial charge in [0, 0.05) is 18.4 Å². The molecule has 9 nitrogen and oxygen atoms in total. The largest absolute Gasteiger partial charge is 0.465 e. The first-order valence-corrected chi connectivity index (χ1v) is 12.9. The fourth-order valence-electron chi connectivity index (χ4n) is 4.32. The van der Waals surface area contributed by atoms with Crippen molar-refractivity contribution >= 4 is 18.2 Å². The molecule has 1 aromatic heterocycles. The maximum absolute atomic E-state index is 13.7. The van der Waals surface area contributed by atoms with Crippen LogP contribution >= 0.6 is 0 Å². The zero-order valence-corrected chi connectivity index (χ0v) is 23.2. The number of halogens is 1. The summed E-state index contributed by atoms with van der Waals surface area (Å²) in [7, 11) is 0. The van der Waals surface area contributed by atoms with Gasteiger partial charge in [0.2, 0.25) is 0 Å². The van der Waals surface area contributed by atoms with Crippen LogP contribution in [0, 0.1) is 11.7 Å². The van der Waals surface area contributed by atoms with E-state index in [4.69, 9.17) is 14.2 Å². The molecule has 0 radical (unpaired) electrons. The number of carbonyl (C=O) groups is 3. The van der Waals surface area contributed by atoms with Crippen LogP contribution in [0.5, 0.6) is 0 Å². The van der Waals surface area contributed by atoms with E-state index in [1.54, 1.807) is 77.7 Å². The minimum atomic E-state index is -0.933. The average molecular weight is 532 g/mol. The lowest BCUT2D eigenvalue weighted by Crippen LogP contribution is -2.44. The van der Waals surface area contributed by atoms with E-state index in [1.807, 2.05) is 0 Å². The Bertz CT molecular complexity index is 1140. The summed E-state index contributed by atoms with van der Waals surface area (Å²) in [4.78, 5) is 44.0. The maximum atomic E-state index is 13.7. The third-order valence-electron chi connectivity index (χ3n) is 6.05. The number of rotatable bonds is 8. The first-order valence-electron chi connectivity index (χ1n) is 12.9. The lowest BCUT2D eigenvalue weighted by atomic mass is 9.97. The van der Waals surface area contributed by atoms with Crippen molar-refractivity contribution in [2.75, 3.05) is 13.2 Å². The van der Waals surface area contributed by atoms with Crippen molar-refractivity contribution in [3.05, 3.63) is 48.3 Å². The normalized spacial score (nSPS) is 19.0. The number of nitrogens with zero attached hydrogens (tertiary/aromatic N) is 3. The predicted molar refractivity (Wildman–Crippen MR) is 138 cm³/mol. The topological polar surface area (TPSA) is 100.0 Å². The summed E-state index contributed by atoms with van der Waals surface area (Å²) in [5.41, 5.74) is -1.37. The van der Waals surface area contributed by atoms with Gasteiger partial charge in [0.25, 0.3) is 0 Å². The van der Waals surface area contributed by atoms with Crippen LogP contribution in [0.2, 0.25) is 0 Å². The monoisotopic (exact) mass is 531 g/mol. The molecule has 1 aromatic carbocycles. The Labute approximate surface area is 223 Å². The number of hydrogen-bond acceptors (Lipinski definition) is 7. The van der Waals surface area contributed by atoms with Crippen LogP contribution < -0.4 is 0 Å². The van der Waals surface area contributed by atoms with E-state index in [-0.39, 0.29) is 30.9 Å². The van der Waals surface area contributed by atoms with Crippen molar-refractivity contribution in [1.29, 1.82) is 0 Å². The van der Waals surface area contributed by atoms with E-state index in [2.05, 4.69) is 4.98 Å². The van der Waals surface area contributed by atoms with Gasteiger partial charge in [-0.3, -0.25) is 4.79 Å². The Balaban J connectivity index is 1.74. The predicted octanol–water partition coefficient (Wildman–Crippen LogP) is 5.78. The minimum Gasteiger partial charge on any atom is -0.465 e. The number of hydrogen-bond donors (Lipinski definition) is 0. The highest BCUT2D eigenvalue weighted by molar-refractivity contribution is 5.88. The van der Waals surface area contributed by atoms with Crippen molar-refractivity contribution in [3.8, 4) is 5.69 Å². The third kappa shape index (κ3) is 7.11. The molecule has 2 amide bonds. The fraction of sp³-hybridized carbons (Fsp3) is 0.571. The van der Waals surface area contributed by atoms with Gasteiger partial charge in [-0.1, -0.05) is 6.07 Å². The number of ether oxygens (including phenoxy) is 3. The number of carbonyl (C=O) groups excluding carboxylic acids is 3. The van der Waals surface area contributed by atoms with Crippen LogP contribution in [-0.4, -0.2) is 57.0 Å². The van der Waals surface area contributed by atoms with Gasteiger partial charge in [0.05, 0.1) is 18.6 Å². The first kappa shape index (κ1) is 29.1. The van der Waals surface area contributed by atoms with Crippen molar-refractivity contribution in [3.63, 3.8) is 0 Å². The molecule has 10 heteroatoms. The van der Waals surface area contributed by atoms with E-state index in [0.29, 0.717) is 30.6 Å². The summed E-state index contributed by atoms with van der Waals surface area (Å²) in [5.74, 6) is -0.844. The van der Waals surface area contributed by atoms with Crippen molar-refractivity contribution in [2.45, 2.75) is 84.3 Å². The number of imide groups is 1. The molecular formula is C28H38FN3O6. The molecule has 0 N–H and O–H groups in total. The summed E-state index contributed by atoms with van der Waals surface area (Å²) in [6.07, 6.45) is 3.18. The van der Waals surface area contributed by atoms with Crippen molar-refractivity contribution in [1.82, 2.24) is 14.5 Å². The lowest BCUT2D eigenvalue weighted by molar-refractivity contribution is -0.146. The number of amides is 2. The molecule has 1 aliphatic carbocycles. The van der Waals surface area contributed by atoms with Gasteiger partial charge in [0.1, 0.15) is 22.4 Å². The molecule has 2 aromatic rings. The van der Waals surface area contributed by atoms with E-state index >= 15 is 0 Å². The standard InChI is InChI=1S/C28H38FN3O6/c1-8-36-23(33)28(22-17-31(18-30-22)21-13-9-12-20(29)15-21)16-19(28)11-10-14-32(24(34)37-26(2,3)4)25(35)38-27(5,6)7/h9,12-13,15,17-19H,8,10-11,14,16H2,1-7H3. The molecular weight excluding hydrogens is 493 g/mol. The van der Waals surface area contributed by atoms with Crippen molar-refractivity contribution in [2.24, 2.45) is 5.92 Å². The number of esters is 1. The molecule has 3 rings (SSSR count). The van der Waals surface area contributed by atoms with Gasteiger partial charge in [-0.25, -0.2) is 23.9 Å². The average Bonchev–Trinajstić information content (AvgIpc) is 3.29. The van der Waals surface area contributed by atoms with Gasteiger partial charge in [0.15, 0.2) is 0 Å². The smallest absolute Gasteiger partial charge is 0.419 e. The van der Waals surface area contributed by atoms with E-state index < -0.39 is 28.8 Å². The van der Waals surface area contributed by atoms with Gasteiger partial charge in [-0.05, 0) is 91.8 Å². The highest BCUT2D eigenvalue weighted by Gasteiger charge is 2.63. The quantitative estimate of drug-likeness (QED) is 0.314. The van der Waals surface area contributed by atoms with Crippen LogP contribution in [0.25, 0.3) is 5.69 Å². The molecule has 2 atom stereocenters. The summed E-state index contributed by atoms with van der Waals surface area (Å²) in [6, 6.07) is 6.09. The van der Waals surface area contributed by atoms with E-state index in [9.17, 15) is 18.8 Å². The van der Waals surface area contributed by atoms with Gasteiger partial charge < -0.3 is 18.8 Å². The number of aromatic nitrogens is 2. The highest BCUT2D eigenvalue weighted by atomic mass is 19.1. The molecule has 0 spiro atoms. The highest BCUT2D eigenvalue weighted by Crippen LogP contribution is 2.57. The molecule has 1 heterocycles. The molecule has 0 aliphatic heterocycles. The maximum Gasteiger partial charge on any atom is 0.419 e. The Hall–Kier alpha value is -3.43. The molecule has 2 unspecified atom stereocenters. The van der Waals surface area contributed by atoms with Crippen LogP contribution in [0.15, 0.2) is 36.8 Å². The summed E-state index contributed by atoms with van der Waals surface area (Å²) < 4.78 is 31.6. The Morgan fingerprint density at radius 3 is 2.29 bits per heavy atom. The van der Waals surface area contributed by atoms with E-state index in [0.717, 1.165) is 4.90 Å². The van der Waals surface area contributed by atoms with Crippen LogP contribution in [-0.2, 0) is 24.4 Å². The number of imidazole rings is 1. The summed E-state index contributed by atoms with van der Waals surface area (Å²) in [6.45, 7) is 12.4. The van der Waals surface area contributed by atoms with Crippen LogP contribution in [0.1, 0.15) is 73.4 Å². The van der Waals surface area contributed by atoms with Crippen molar-refractivity contribution < 1.29 is 33.0 Å². The zero-order valence-electron chi connectivity index (χ0n) is 23.2. The molecule has 0 bridgehead atoms. The lowest BCUT2D eigenvalue weighted by Gasteiger charge is -2.28. The SMILES string of the molecule is CCOC(=O)C1(c2cn(-c3cccc(F)c3)cn2)CC1CCCN(C(=O)OC(C)(C)C)C(=O)OC(C)(C)C. The first-order chi connectivity index (χ1) is 17.7. The zero-order chi connectivity index (χ0) is 28.3. The molecule has 0 saturated heterocycles. The molecule has 208 valence electrons. The Morgan fingerprint density at radius 2 is 1.74 bits per heavy atom. The summed E-state index contributed by atoms with van der Waals surface area (Å²) >= 11 is 0. The Kier molecular flexibility index (Phi) is 8.53. The minimum absolute atomic E-state index is 0.0664. The Morgan fingerprint density at radius 1 is 1.11 bits per heavy atom. The third-order valence-corrected chi connectivity index (χ3v) is 6.05. The molecule has 38 heavy (non-hydrogen) atoms. The second-order valence-corrected chi connectivity index (χ2v) is 11.5. The van der Waals surface area contributed by atoms with Gasteiger partial charge in [-0.2, -0.15) is 0 Å². The van der Waals surface area contributed by atoms with E-state index in [1.165, 1.54) is 12.1 Å². The molecule has 1 saturated carbocycles. The molecule has 1 fully saturated rings. The van der Waals surface area contributed by atoms with Crippen LogP contribution in [0.3, 0.4) is 0 Å². The molecule has 1 aliphatic rings.